The van der Waals surface area contributed by atoms with Crippen LogP contribution >= 0.6 is 0 Å². The lowest BCUT2D eigenvalue weighted by molar-refractivity contribution is -0.141. The fourth-order valence-corrected chi connectivity index (χ4v) is 3.17. The summed E-state index contributed by atoms with van der Waals surface area (Å²) in [6.07, 6.45) is -2.71. The highest BCUT2D eigenvalue weighted by Crippen LogP contribution is 2.45. The first-order valence-electron chi connectivity index (χ1n) is 6.83. The zero-order valence-corrected chi connectivity index (χ0v) is 12.1. The quantitative estimate of drug-likeness (QED) is 0.878. The van der Waals surface area contributed by atoms with Crippen molar-refractivity contribution < 1.29 is 22.8 Å². The Morgan fingerprint density at radius 1 is 1.27 bits per heavy atom. The predicted octanol–water partition coefficient (Wildman–Crippen LogP) is 3.20. The van der Waals surface area contributed by atoms with Gasteiger partial charge in [-0.05, 0) is 18.6 Å². The molecule has 1 atom stereocenters. The lowest BCUT2D eigenvalue weighted by atomic mass is 9.68. The largest absolute Gasteiger partial charge is 0.433 e. The monoisotopic (exact) mass is 312 g/mol. The second-order valence-corrected chi connectivity index (χ2v) is 6.36. The lowest BCUT2D eigenvalue weighted by Crippen LogP contribution is -2.41. The maximum absolute atomic E-state index is 12.8. The molecule has 3 rings (SSSR count). The van der Waals surface area contributed by atoms with E-state index in [4.69, 9.17) is 4.52 Å². The van der Waals surface area contributed by atoms with Crippen molar-refractivity contribution in [2.75, 3.05) is 0 Å². The molecule has 0 bridgehead atoms. The minimum Gasteiger partial charge on any atom is -0.383 e. The minimum atomic E-state index is -4.54. The van der Waals surface area contributed by atoms with Gasteiger partial charge < -0.3 is 9.63 Å². The van der Waals surface area contributed by atoms with Crippen LogP contribution in [0.4, 0.5) is 13.2 Å². The third-order valence-electron chi connectivity index (χ3n) is 3.99. The van der Waals surface area contributed by atoms with Crippen molar-refractivity contribution in [2.24, 2.45) is 0 Å². The average molecular weight is 312 g/mol. The molecule has 1 aliphatic rings. The van der Waals surface area contributed by atoms with Crippen LogP contribution in [-0.2, 0) is 23.6 Å². The Balaban J connectivity index is 2.06. The molecule has 1 N–H and O–H groups in total. The SMILES string of the molecule is CC1(C)CC(O)(c2cccc(C(F)(F)F)n2)Cc2cnoc21. The van der Waals surface area contributed by atoms with E-state index < -0.39 is 22.9 Å². The number of alkyl halides is 3. The van der Waals surface area contributed by atoms with E-state index in [1.54, 1.807) is 0 Å². The summed E-state index contributed by atoms with van der Waals surface area (Å²) in [5.41, 5.74) is -2.33. The third-order valence-corrected chi connectivity index (χ3v) is 3.99. The van der Waals surface area contributed by atoms with E-state index >= 15 is 0 Å². The van der Waals surface area contributed by atoms with E-state index in [1.807, 2.05) is 13.8 Å². The summed E-state index contributed by atoms with van der Waals surface area (Å²) in [5, 5.41) is 14.7. The molecule has 1 unspecified atom stereocenters. The highest BCUT2D eigenvalue weighted by atomic mass is 19.4. The van der Waals surface area contributed by atoms with Crippen LogP contribution in [0.25, 0.3) is 0 Å². The van der Waals surface area contributed by atoms with E-state index in [9.17, 15) is 18.3 Å². The summed E-state index contributed by atoms with van der Waals surface area (Å²) >= 11 is 0. The van der Waals surface area contributed by atoms with Gasteiger partial charge in [-0.15, -0.1) is 0 Å². The number of fused-ring (bicyclic) bond motifs is 1. The molecule has 0 saturated heterocycles. The molecule has 0 radical (unpaired) electrons. The normalized spacial score (nSPS) is 24.1. The molecular weight excluding hydrogens is 297 g/mol. The van der Waals surface area contributed by atoms with Crippen LogP contribution in [0.2, 0.25) is 0 Å². The topological polar surface area (TPSA) is 59.2 Å². The van der Waals surface area contributed by atoms with Gasteiger partial charge in [-0.3, -0.25) is 0 Å². The Labute approximate surface area is 125 Å². The Morgan fingerprint density at radius 2 is 2.00 bits per heavy atom. The van der Waals surface area contributed by atoms with E-state index in [0.717, 1.165) is 6.07 Å². The van der Waals surface area contributed by atoms with Crippen LogP contribution in [0.15, 0.2) is 28.9 Å². The number of pyridine rings is 1. The average Bonchev–Trinajstić information content (AvgIpc) is 2.86. The number of hydrogen-bond donors (Lipinski definition) is 1. The van der Waals surface area contributed by atoms with E-state index in [1.165, 1.54) is 18.3 Å². The lowest BCUT2D eigenvalue weighted by Gasteiger charge is -2.39. The van der Waals surface area contributed by atoms with Gasteiger partial charge in [0.2, 0.25) is 0 Å². The van der Waals surface area contributed by atoms with E-state index in [-0.39, 0.29) is 18.5 Å². The van der Waals surface area contributed by atoms with Crippen LogP contribution in [0.5, 0.6) is 0 Å². The van der Waals surface area contributed by atoms with Crippen molar-refractivity contribution in [1.82, 2.24) is 10.1 Å². The molecule has 0 amide bonds. The van der Waals surface area contributed by atoms with E-state index in [2.05, 4.69) is 10.1 Å². The smallest absolute Gasteiger partial charge is 0.383 e. The number of nitrogens with zero attached hydrogens (tertiary/aromatic N) is 2. The first kappa shape index (κ1) is 15.0. The van der Waals surface area contributed by atoms with Gasteiger partial charge >= 0.3 is 6.18 Å². The second kappa shape index (κ2) is 4.55. The minimum absolute atomic E-state index is 0.0160. The maximum Gasteiger partial charge on any atom is 0.433 e. The summed E-state index contributed by atoms with van der Waals surface area (Å²) in [6.45, 7) is 3.71. The van der Waals surface area contributed by atoms with Crippen molar-refractivity contribution in [3.8, 4) is 0 Å². The summed E-state index contributed by atoms with van der Waals surface area (Å²) in [5.74, 6) is 0.657. The summed E-state index contributed by atoms with van der Waals surface area (Å²) < 4.78 is 43.7. The summed E-state index contributed by atoms with van der Waals surface area (Å²) in [4.78, 5) is 3.64. The first-order valence-corrected chi connectivity index (χ1v) is 6.83. The number of aliphatic hydroxyl groups is 1. The van der Waals surface area contributed by atoms with Gasteiger partial charge in [0.25, 0.3) is 0 Å². The van der Waals surface area contributed by atoms with Crippen molar-refractivity contribution >= 4 is 0 Å². The van der Waals surface area contributed by atoms with Gasteiger partial charge in [0.15, 0.2) is 0 Å². The molecular formula is C15H15F3N2O2. The molecule has 0 saturated carbocycles. The summed E-state index contributed by atoms with van der Waals surface area (Å²) in [7, 11) is 0. The summed E-state index contributed by atoms with van der Waals surface area (Å²) in [6, 6.07) is 3.58. The molecule has 0 aromatic carbocycles. The van der Waals surface area contributed by atoms with Gasteiger partial charge in [0, 0.05) is 17.4 Å². The molecule has 2 heterocycles. The van der Waals surface area contributed by atoms with Gasteiger partial charge in [-0.25, -0.2) is 4.98 Å². The highest BCUT2D eigenvalue weighted by molar-refractivity contribution is 5.32. The molecule has 2 aromatic rings. The fraction of sp³-hybridized carbons (Fsp3) is 0.467. The van der Waals surface area contributed by atoms with Crippen molar-refractivity contribution in [2.45, 2.75) is 43.9 Å². The number of hydrogen-bond acceptors (Lipinski definition) is 4. The number of halogens is 3. The standard InChI is InChI=1S/C15H15F3N2O2/c1-13(2)8-14(21,6-9-7-19-22-12(9)13)10-4-3-5-11(20-10)15(16,17)18/h3-5,7,21H,6,8H2,1-2H3. The first-order chi connectivity index (χ1) is 10.1. The second-order valence-electron chi connectivity index (χ2n) is 6.36. The molecule has 4 nitrogen and oxygen atoms in total. The predicted molar refractivity (Wildman–Crippen MR) is 71.0 cm³/mol. The van der Waals surface area contributed by atoms with Crippen molar-refractivity contribution in [3.05, 3.63) is 47.1 Å². The number of rotatable bonds is 1. The third kappa shape index (κ3) is 2.39. The molecule has 22 heavy (non-hydrogen) atoms. The molecule has 1 aliphatic carbocycles. The molecule has 0 fully saturated rings. The van der Waals surface area contributed by atoms with Crippen LogP contribution < -0.4 is 0 Å². The Hall–Kier alpha value is -1.89. The zero-order valence-electron chi connectivity index (χ0n) is 12.1. The maximum atomic E-state index is 12.8. The van der Waals surface area contributed by atoms with Gasteiger partial charge in [-0.1, -0.05) is 25.1 Å². The molecule has 0 spiro atoms. The fourth-order valence-electron chi connectivity index (χ4n) is 3.17. The van der Waals surface area contributed by atoms with Gasteiger partial charge in [0.1, 0.15) is 17.1 Å². The molecule has 118 valence electrons. The van der Waals surface area contributed by atoms with Crippen LogP contribution in [0, 0.1) is 0 Å². The van der Waals surface area contributed by atoms with Gasteiger partial charge in [0.05, 0.1) is 11.9 Å². The Bertz CT molecular complexity index is 709. The highest BCUT2D eigenvalue weighted by Gasteiger charge is 2.47. The van der Waals surface area contributed by atoms with Crippen molar-refractivity contribution in [1.29, 1.82) is 0 Å². The zero-order chi connectivity index (χ0) is 16.2. The molecule has 0 aliphatic heterocycles. The Kier molecular flexibility index (Phi) is 3.11. The molecule has 7 heteroatoms. The van der Waals surface area contributed by atoms with Crippen LogP contribution in [-0.4, -0.2) is 15.2 Å². The number of aromatic nitrogens is 2. The van der Waals surface area contributed by atoms with Crippen molar-refractivity contribution in [3.63, 3.8) is 0 Å². The van der Waals surface area contributed by atoms with Crippen LogP contribution in [0.1, 0.15) is 43.0 Å². The molecule has 2 aromatic heterocycles. The van der Waals surface area contributed by atoms with Gasteiger partial charge in [-0.2, -0.15) is 13.2 Å². The Morgan fingerprint density at radius 3 is 2.68 bits per heavy atom. The van der Waals surface area contributed by atoms with Crippen LogP contribution in [0.3, 0.4) is 0 Å². The van der Waals surface area contributed by atoms with E-state index in [0.29, 0.717) is 11.3 Å².